The van der Waals surface area contributed by atoms with Gasteiger partial charge in [-0.25, -0.2) is 0 Å². The minimum Gasteiger partial charge on any atom is -0.120 e. The van der Waals surface area contributed by atoms with Gasteiger partial charge in [-0.2, -0.15) is 0 Å². The first-order valence-electron chi connectivity index (χ1n) is 5.21. The predicted octanol–water partition coefficient (Wildman–Crippen LogP) is 2.86. The minimum absolute atomic E-state index is 0.932. The molecule has 1 heterocycles. The molecule has 1 aliphatic rings. The van der Waals surface area contributed by atoms with Crippen molar-refractivity contribution in [3.63, 3.8) is 0 Å². The van der Waals surface area contributed by atoms with Gasteiger partial charge in [0.05, 0.1) is 0 Å². The molecule has 0 aromatic rings. The molecule has 0 N–H and O–H groups in total. The Kier molecular flexibility index (Phi) is 3.72. The zero-order valence-electron chi connectivity index (χ0n) is 8.34. The third kappa shape index (κ3) is 2.30. The molecule has 0 nitrogen and oxygen atoms in total. The Labute approximate surface area is 77.4 Å². The van der Waals surface area contributed by atoms with Crippen LogP contribution in [0.25, 0.3) is 0 Å². The van der Waals surface area contributed by atoms with Crippen LogP contribution in [0.1, 0.15) is 39.5 Å². The standard InChI is InChI=1S/C11H19B/c1-4-6-7-10-8-9(3)12-11(10)5-2/h1,9-12H,5-8H2,2-3H3. The van der Waals surface area contributed by atoms with Gasteiger partial charge < -0.3 is 0 Å². The highest BCUT2D eigenvalue weighted by Crippen LogP contribution is 2.41. The summed E-state index contributed by atoms with van der Waals surface area (Å²) < 4.78 is 0. The highest BCUT2D eigenvalue weighted by Gasteiger charge is 2.30. The second-order valence-corrected chi connectivity index (χ2v) is 4.25. The molecule has 3 unspecified atom stereocenters. The molecule has 1 saturated heterocycles. The van der Waals surface area contributed by atoms with Gasteiger partial charge in [0.1, 0.15) is 7.28 Å². The second-order valence-electron chi connectivity index (χ2n) is 4.25. The van der Waals surface area contributed by atoms with E-state index in [1.165, 1.54) is 26.5 Å². The Morgan fingerprint density at radius 1 is 1.58 bits per heavy atom. The maximum Gasteiger partial charge on any atom is 0.127 e. The van der Waals surface area contributed by atoms with Crippen molar-refractivity contribution < 1.29 is 0 Å². The van der Waals surface area contributed by atoms with Gasteiger partial charge >= 0.3 is 0 Å². The summed E-state index contributed by atoms with van der Waals surface area (Å²) in [7, 11) is 1.44. The first-order valence-corrected chi connectivity index (χ1v) is 5.21. The van der Waals surface area contributed by atoms with E-state index in [0.29, 0.717) is 0 Å². The molecule has 0 aromatic carbocycles. The summed E-state index contributed by atoms with van der Waals surface area (Å²) in [6.45, 7) is 4.68. The molecule has 1 heteroatoms. The van der Waals surface area contributed by atoms with Gasteiger partial charge in [0.25, 0.3) is 0 Å². The molecule has 0 amide bonds. The van der Waals surface area contributed by atoms with E-state index >= 15 is 0 Å². The molecule has 1 fully saturated rings. The fraction of sp³-hybridized carbons (Fsp3) is 0.818. The summed E-state index contributed by atoms with van der Waals surface area (Å²) in [4.78, 5) is 0. The molecule has 3 atom stereocenters. The SMILES string of the molecule is C#CCCC1CC(C)BC1CC. The Balaban J connectivity index is 2.36. The lowest BCUT2D eigenvalue weighted by atomic mass is 9.59. The maximum absolute atomic E-state index is 5.28. The molecule has 12 heavy (non-hydrogen) atoms. The molecular weight excluding hydrogens is 143 g/mol. The van der Waals surface area contributed by atoms with Crippen molar-refractivity contribution in [2.45, 2.75) is 51.2 Å². The van der Waals surface area contributed by atoms with E-state index in [9.17, 15) is 0 Å². The maximum atomic E-state index is 5.28. The number of rotatable bonds is 3. The highest BCUT2D eigenvalue weighted by molar-refractivity contribution is 6.40. The molecule has 1 rings (SSSR count). The van der Waals surface area contributed by atoms with E-state index in [1.54, 1.807) is 0 Å². The largest absolute Gasteiger partial charge is 0.127 e. The van der Waals surface area contributed by atoms with Crippen LogP contribution >= 0.6 is 0 Å². The normalized spacial score (nSPS) is 34.2. The molecule has 66 valence electrons. The first kappa shape index (κ1) is 9.71. The fourth-order valence-corrected chi connectivity index (χ4v) is 2.64. The van der Waals surface area contributed by atoms with Crippen molar-refractivity contribution in [3.8, 4) is 12.3 Å². The van der Waals surface area contributed by atoms with Crippen molar-refractivity contribution in [1.29, 1.82) is 0 Å². The van der Waals surface area contributed by atoms with Gasteiger partial charge in [0.15, 0.2) is 0 Å². The van der Waals surface area contributed by atoms with Crippen LogP contribution in [0, 0.1) is 18.3 Å². The van der Waals surface area contributed by atoms with E-state index in [1.807, 2.05) is 0 Å². The highest BCUT2D eigenvalue weighted by atomic mass is 14.2. The molecule has 1 aliphatic heterocycles. The van der Waals surface area contributed by atoms with E-state index in [-0.39, 0.29) is 0 Å². The Hall–Kier alpha value is -0.375. The van der Waals surface area contributed by atoms with E-state index in [0.717, 1.165) is 24.0 Å². The zero-order chi connectivity index (χ0) is 8.97. The summed E-state index contributed by atoms with van der Waals surface area (Å²) in [5, 5.41) is 0. The van der Waals surface area contributed by atoms with Crippen LogP contribution in [0.2, 0.25) is 11.6 Å². The van der Waals surface area contributed by atoms with Gasteiger partial charge in [0.2, 0.25) is 0 Å². The van der Waals surface area contributed by atoms with Gasteiger partial charge in [0, 0.05) is 6.42 Å². The van der Waals surface area contributed by atoms with Crippen molar-refractivity contribution in [1.82, 2.24) is 0 Å². The Morgan fingerprint density at radius 2 is 2.33 bits per heavy atom. The predicted molar refractivity (Wildman–Crippen MR) is 56.8 cm³/mol. The number of hydrogen-bond donors (Lipinski definition) is 0. The van der Waals surface area contributed by atoms with Crippen LogP contribution in [0.15, 0.2) is 0 Å². The molecule has 0 radical (unpaired) electrons. The van der Waals surface area contributed by atoms with Gasteiger partial charge in [-0.1, -0.05) is 38.3 Å². The van der Waals surface area contributed by atoms with Crippen molar-refractivity contribution in [3.05, 3.63) is 0 Å². The van der Waals surface area contributed by atoms with Crippen LogP contribution in [0.4, 0.5) is 0 Å². The number of terminal acetylenes is 1. The average molecular weight is 162 g/mol. The van der Waals surface area contributed by atoms with Crippen LogP contribution in [0.3, 0.4) is 0 Å². The third-order valence-electron chi connectivity index (χ3n) is 3.26. The van der Waals surface area contributed by atoms with Gasteiger partial charge in [-0.3, -0.25) is 0 Å². The molecule has 0 aliphatic carbocycles. The lowest BCUT2D eigenvalue weighted by Gasteiger charge is -2.15. The quantitative estimate of drug-likeness (QED) is 0.442. The number of hydrogen-bond acceptors (Lipinski definition) is 0. The molecular formula is C11H19B. The van der Waals surface area contributed by atoms with E-state index < -0.39 is 0 Å². The summed E-state index contributed by atoms with van der Waals surface area (Å²) in [6, 6.07) is 0. The Morgan fingerprint density at radius 3 is 2.92 bits per heavy atom. The topological polar surface area (TPSA) is 0 Å². The summed E-state index contributed by atoms with van der Waals surface area (Å²) >= 11 is 0. The fourth-order valence-electron chi connectivity index (χ4n) is 2.64. The van der Waals surface area contributed by atoms with Crippen LogP contribution in [-0.4, -0.2) is 7.28 Å². The molecule has 0 spiro atoms. The monoisotopic (exact) mass is 162 g/mol. The lowest BCUT2D eigenvalue weighted by Crippen LogP contribution is -2.04. The van der Waals surface area contributed by atoms with Crippen LogP contribution in [-0.2, 0) is 0 Å². The zero-order valence-corrected chi connectivity index (χ0v) is 8.34. The van der Waals surface area contributed by atoms with Gasteiger partial charge in [-0.15, -0.1) is 12.3 Å². The van der Waals surface area contributed by atoms with Crippen molar-refractivity contribution in [2.75, 3.05) is 0 Å². The van der Waals surface area contributed by atoms with E-state index in [2.05, 4.69) is 19.8 Å². The summed E-state index contributed by atoms with van der Waals surface area (Å²) in [6.07, 6.45) is 10.3. The van der Waals surface area contributed by atoms with Crippen molar-refractivity contribution in [2.24, 2.45) is 5.92 Å². The lowest BCUT2D eigenvalue weighted by molar-refractivity contribution is 0.450. The first-order chi connectivity index (χ1) is 5.77. The van der Waals surface area contributed by atoms with Crippen LogP contribution in [0.5, 0.6) is 0 Å². The second kappa shape index (κ2) is 4.60. The van der Waals surface area contributed by atoms with Gasteiger partial charge in [-0.05, 0) is 12.3 Å². The minimum atomic E-state index is 0.932. The van der Waals surface area contributed by atoms with Crippen molar-refractivity contribution >= 4 is 7.28 Å². The van der Waals surface area contributed by atoms with E-state index in [4.69, 9.17) is 6.42 Å². The Bertz CT molecular complexity index is 168. The molecule has 0 aromatic heterocycles. The smallest absolute Gasteiger partial charge is 0.120 e. The third-order valence-corrected chi connectivity index (χ3v) is 3.26. The molecule has 0 bridgehead atoms. The van der Waals surface area contributed by atoms with Crippen LogP contribution < -0.4 is 0 Å². The summed E-state index contributed by atoms with van der Waals surface area (Å²) in [5.74, 6) is 5.59. The average Bonchev–Trinajstić information content (AvgIpc) is 2.42. The molecule has 0 saturated carbocycles. The summed E-state index contributed by atoms with van der Waals surface area (Å²) in [5.41, 5.74) is 0.